The van der Waals surface area contributed by atoms with Crippen LogP contribution in [0.25, 0.3) is 27.1 Å². The van der Waals surface area contributed by atoms with Crippen LogP contribution in [-0.2, 0) is 75.2 Å². The molecule has 3 N–H and O–H groups in total. The summed E-state index contributed by atoms with van der Waals surface area (Å²) in [5.41, 5.74) is 1.59. The van der Waals surface area contributed by atoms with E-state index in [-0.39, 0.29) is 67.5 Å². The zero-order valence-electron chi connectivity index (χ0n) is 44.9. The van der Waals surface area contributed by atoms with Crippen LogP contribution in [0.4, 0.5) is 11.4 Å². The maximum absolute atomic E-state index is 13.6. The Hall–Kier alpha value is -6.72. The number of rotatable bonds is 22. The lowest BCUT2D eigenvalue weighted by Crippen LogP contribution is -2.33. The fourth-order valence-electron chi connectivity index (χ4n) is 11.1. The van der Waals surface area contributed by atoms with E-state index in [0.717, 1.165) is 23.0 Å². The summed E-state index contributed by atoms with van der Waals surface area (Å²) in [6, 6.07) is 16.8. The van der Waals surface area contributed by atoms with Crippen molar-refractivity contribution in [2.75, 3.05) is 58.3 Å². The second kappa shape index (κ2) is 22.9. The topological polar surface area (TPSA) is 318 Å². The van der Waals surface area contributed by atoms with Gasteiger partial charge in [-0.05, 0) is 127 Å². The number of methoxy groups -OCH3 is 3. The van der Waals surface area contributed by atoms with Crippen LogP contribution in [-0.4, -0.2) is 138 Å². The summed E-state index contributed by atoms with van der Waals surface area (Å²) in [5.74, 6) is -3.05. The average Bonchev–Trinajstić information content (AvgIpc) is 1.96. The molecule has 0 spiro atoms. The Morgan fingerprint density at radius 3 is 2.02 bits per heavy atom. The molecule has 22 nitrogen and oxygen atoms in total. The second-order valence-corrected chi connectivity index (χ2v) is 25.8. The highest BCUT2D eigenvalue weighted by molar-refractivity contribution is 7.87. The van der Waals surface area contributed by atoms with Gasteiger partial charge in [0.2, 0.25) is 5.69 Å². The van der Waals surface area contributed by atoms with Gasteiger partial charge in [0.15, 0.2) is 5.71 Å². The molecule has 2 unspecified atom stereocenters. The molecule has 0 aromatic heterocycles. The van der Waals surface area contributed by atoms with Gasteiger partial charge in [0, 0.05) is 98.7 Å². The van der Waals surface area contributed by atoms with E-state index in [1.54, 1.807) is 43.2 Å². The van der Waals surface area contributed by atoms with Gasteiger partial charge in [-0.15, -0.1) is 5.06 Å². The average molecular weight is 1190 g/mol. The number of benzene rings is 5. The molecule has 0 aliphatic carbocycles. The summed E-state index contributed by atoms with van der Waals surface area (Å²) < 4.78 is 163. The standard InChI is InChI=1S/C55H59N3O19S4/c1-7-25-56-43-17-11-35-9-14-37(79(65,66)67)31-41(35)51(43)54(2,23-27-74-4)47(56)19-12-34(39-15-10-36(30-45(39)76-6)53(61)77-58-49(59)21-22-50(58)60)13-20-48-55(3,24-28-75-5)52-42-32-38(80(68,69)70)33-46(81(71,72)73)40(42)16-18-44(52)57(48)26-8-29-78(62,63)64/h9-20,30-33H,7-8,21-29H2,1-6H3,(H3-,62,63,64,65,66,67,68,69,70,71,72,73). The fourth-order valence-corrected chi connectivity index (χ4v) is 13.4. The van der Waals surface area contributed by atoms with Gasteiger partial charge in [-0.25, -0.2) is 13.2 Å². The van der Waals surface area contributed by atoms with Gasteiger partial charge in [-0.2, -0.15) is 29.8 Å². The van der Waals surface area contributed by atoms with Gasteiger partial charge < -0.3 is 28.5 Å². The Labute approximate surface area is 468 Å². The maximum atomic E-state index is 13.6. The zero-order valence-corrected chi connectivity index (χ0v) is 48.1. The van der Waals surface area contributed by atoms with Crippen LogP contribution in [0.2, 0.25) is 0 Å². The number of amides is 2. The Morgan fingerprint density at radius 1 is 0.765 bits per heavy atom. The van der Waals surface area contributed by atoms with E-state index in [1.165, 1.54) is 56.7 Å². The molecule has 8 rings (SSSR count). The second-order valence-electron chi connectivity index (χ2n) is 20.1. The molecule has 0 radical (unpaired) electrons. The number of hydrogen-bond donors (Lipinski definition) is 3. The molecule has 81 heavy (non-hydrogen) atoms. The molecular formula is C55H59N3O19S4. The van der Waals surface area contributed by atoms with Crippen LogP contribution in [0.1, 0.15) is 86.3 Å². The third-order valence-corrected chi connectivity index (χ3v) is 18.3. The molecule has 1 saturated heterocycles. The SMILES string of the molecule is CCC[N+]1=C(/C=C/C(=C/C=C2/N(CCCS(=O)(=O)O)c3ccc4c(S(=O)(=O)O)cc(S(=O)(=O)O)cc4c3C2(C)CCOC)c2ccc(C(=O)ON3C(=O)CCC3=O)cc2OC)C(C)(CCOC)c2c1ccc1ccc(S(=O)(=O)[O-])cc21. The lowest BCUT2D eigenvalue weighted by molar-refractivity contribution is -0.437. The van der Waals surface area contributed by atoms with Crippen LogP contribution in [0.15, 0.2) is 117 Å². The highest BCUT2D eigenvalue weighted by atomic mass is 32.2. The van der Waals surface area contributed by atoms with E-state index in [2.05, 4.69) is 4.58 Å². The quantitative estimate of drug-likeness (QED) is 0.0271. The molecule has 3 heterocycles. The summed E-state index contributed by atoms with van der Waals surface area (Å²) in [7, 11) is -15.3. The van der Waals surface area contributed by atoms with Gasteiger partial charge in [-0.3, -0.25) is 23.2 Å². The predicted octanol–water partition coefficient (Wildman–Crippen LogP) is 7.04. The summed E-state index contributed by atoms with van der Waals surface area (Å²) in [5, 5.41) is 1.48. The highest BCUT2D eigenvalue weighted by Crippen LogP contribution is 2.54. The van der Waals surface area contributed by atoms with Gasteiger partial charge in [0.1, 0.15) is 27.3 Å². The molecule has 5 aromatic carbocycles. The Balaban J connectivity index is 1.41. The smallest absolute Gasteiger partial charge is 0.364 e. The first-order chi connectivity index (χ1) is 38.0. The van der Waals surface area contributed by atoms with Crippen molar-refractivity contribution in [2.24, 2.45) is 0 Å². The zero-order chi connectivity index (χ0) is 59.2. The van der Waals surface area contributed by atoms with E-state index in [9.17, 15) is 66.3 Å². The monoisotopic (exact) mass is 1190 g/mol. The van der Waals surface area contributed by atoms with Crippen molar-refractivity contribution in [3.63, 3.8) is 0 Å². The molecule has 5 aromatic rings. The van der Waals surface area contributed by atoms with Crippen LogP contribution >= 0.6 is 0 Å². The first-order valence-electron chi connectivity index (χ1n) is 25.3. The highest BCUT2D eigenvalue weighted by Gasteiger charge is 2.49. The van der Waals surface area contributed by atoms with Crippen LogP contribution in [0, 0.1) is 0 Å². The predicted molar refractivity (Wildman–Crippen MR) is 296 cm³/mol. The molecule has 1 fully saturated rings. The number of anilines is 1. The molecule has 0 saturated carbocycles. The minimum Gasteiger partial charge on any atom is -0.744 e. The molecule has 0 bridgehead atoms. The van der Waals surface area contributed by atoms with Gasteiger partial charge in [-0.1, -0.05) is 25.1 Å². The minimum absolute atomic E-state index is 0.0151. The van der Waals surface area contributed by atoms with E-state index < -0.39 is 89.5 Å². The van der Waals surface area contributed by atoms with Gasteiger partial charge in [0.05, 0.1) is 33.6 Å². The van der Waals surface area contributed by atoms with Crippen LogP contribution in [0.5, 0.6) is 5.75 Å². The minimum atomic E-state index is -5.15. The largest absolute Gasteiger partial charge is 0.744 e. The number of ether oxygens (including phenoxy) is 3. The van der Waals surface area contributed by atoms with Crippen LogP contribution in [0.3, 0.4) is 0 Å². The Morgan fingerprint density at radius 2 is 1.42 bits per heavy atom. The lowest BCUT2D eigenvalue weighted by atomic mass is 9.74. The first-order valence-corrected chi connectivity index (χ1v) is 31.2. The molecule has 3 aliphatic rings. The number of imide groups is 1. The third-order valence-electron chi connectivity index (χ3n) is 14.9. The number of hydroxylamine groups is 2. The summed E-state index contributed by atoms with van der Waals surface area (Å²) in [6.07, 6.45) is 7.64. The van der Waals surface area contributed by atoms with E-state index in [0.29, 0.717) is 69.4 Å². The number of carbonyl (C=O) groups excluding carboxylic acids is 3. The van der Waals surface area contributed by atoms with Crippen molar-refractivity contribution >= 4 is 102 Å². The molecule has 432 valence electrons. The van der Waals surface area contributed by atoms with Crippen molar-refractivity contribution in [3.8, 4) is 5.75 Å². The Kier molecular flexibility index (Phi) is 17.1. The van der Waals surface area contributed by atoms with Crippen molar-refractivity contribution in [2.45, 2.75) is 84.8 Å². The van der Waals surface area contributed by atoms with Crippen LogP contribution < -0.4 is 9.64 Å². The van der Waals surface area contributed by atoms with Gasteiger partial charge >= 0.3 is 5.97 Å². The molecule has 2 atom stereocenters. The van der Waals surface area contributed by atoms with E-state index in [4.69, 9.17) is 19.0 Å². The normalized spacial score (nSPS) is 19.5. The first kappa shape index (κ1) is 60.4. The molecule has 26 heteroatoms. The number of carbonyl (C=O) groups is 3. The Bertz CT molecular complexity index is 4030. The summed E-state index contributed by atoms with van der Waals surface area (Å²) >= 11 is 0. The number of hydrogen-bond acceptors (Lipinski definition) is 17. The third kappa shape index (κ3) is 12.0. The van der Waals surface area contributed by atoms with Crippen molar-refractivity contribution in [3.05, 3.63) is 125 Å². The summed E-state index contributed by atoms with van der Waals surface area (Å²) in [4.78, 5) is 43.3. The maximum Gasteiger partial charge on any atom is 0.364 e. The molecule has 2 amide bonds. The van der Waals surface area contributed by atoms with Crippen molar-refractivity contribution in [1.82, 2.24) is 5.06 Å². The fraction of sp³-hybridized carbons (Fsp3) is 0.345. The van der Waals surface area contributed by atoms with Crippen molar-refractivity contribution < 1.29 is 89.9 Å². The van der Waals surface area contributed by atoms with E-state index >= 15 is 0 Å². The molecule has 3 aliphatic heterocycles. The van der Waals surface area contributed by atoms with Crippen molar-refractivity contribution in [1.29, 1.82) is 0 Å². The number of fused-ring (bicyclic) bond motifs is 6. The lowest BCUT2D eigenvalue weighted by Gasteiger charge is -2.31. The molecular weight excluding hydrogens is 1130 g/mol. The van der Waals surface area contributed by atoms with E-state index in [1.807, 2.05) is 32.1 Å². The summed E-state index contributed by atoms with van der Waals surface area (Å²) in [6.45, 7) is 6.34. The van der Waals surface area contributed by atoms with Gasteiger partial charge in [0.25, 0.3) is 42.2 Å². The number of nitrogens with zero attached hydrogens (tertiary/aromatic N) is 3. The number of allylic oxidation sites excluding steroid dienone is 6.